The van der Waals surface area contributed by atoms with Gasteiger partial charge >= 0.3 is 0 Å². The van der Waals surface area contributed by atoms with E-state index in [1.54, 1.807) is 7.05 Å². The van der Waals surface area contributed by atoms with Crippen LogP contribution in [0.2, 0.25) is 0 Å². The fourth-order valence-electron chi connectivity index (χ4n) is 2.44. The highest BCUT2D eigenvalue weighted by Crippen LogP contribution is 2.16. The highest BCUT2D eigenvalue weighted by atomic mass is 32.2. The van der Waals surface area contributed by atoms with Crippen LogP contribution in [0.5, 0.6) is 5.75 Å². The number of para-hydroxylation sites is 1. The van der Waals surface area contributed by atoms with Crippen molar-refractivity contribution < 1.29 is 17.9 Å². The summed E-state index contributed by atoms with van der Waals surface area (Å²) in [6, 6.07) is 9.36. The van der Waals surface area contributed by atoms with E-state index < -0.39 is 10.2 Å². The third kappa shape index (κ3) is 4.42. The molecule has 1 aromatic carbocycles. The lowest BCUT2D eigenvalue weighted by Gasteiger charge is -2.36. The fraction of sp³-hybridized carbons (Fsp3) is 0.600. The second kappa shape index (κ2) is 7.41. The maximum atomic E-state index is 12.6. The van der Waals surface area contributed by atoms with Gasteiger partial charge in [-0.15, -0.1) is 0 Å². The molecule has 0 radical (unpaired) electrons. The minimum absolute atomic E-state index is 0.0903. The van der Waals surface area contributed by atoms with E-state index >= 15 is 0 Å². The molecule has 7 heteroatoms. The predicted octanol–water partition coefficient (Wildman–Crippen LogP) is 1.35. The molecule has 0 N–H and O–H groups in total. The Morgan fingerprint density at radius 2 is 1.82 bits per heavy atom. The van der Waals surface area contributed by atoms with Crippen LogP contribution in [0, 0.1) is 0 Å². The van der Waals surface area contributed by atoms with Crippen molar-refractivity contribution in [2.24, 2.45) is 0 Å². The van der Waals surface area contributed by atoms with Crippen LogP contribution in [-0.2, 0) is 14.9 Å². The van der Waals surface area contributed by atoms with Crippen LogP contribution in [0.3, 0.4) is 0 Å². The van der Waals surface area contributed by atoms with E-state index in [4.69, 9.17) is 9.47 Å². The molecule has 1 fully saturated rings. The molecular formula is C15H24N2O4S. The van der Waals surface area contributed by atoms with Gasteiger partial charge in [-0.1, -0.05) is 18.2 Å². The Bertz CT molecular complexity index is 554. The van der Waals surface area contributed by atoms with Crippen LogP contribution in [0.4, 0.5) is 0 Å². The summed E-state index contributed by atoms with van der Waals surface area (Å²) in [5.41, 5.74) is 0. The number of hydrogen-bond acceptors (Lipinski definition) is 4. The van der Waals surface area contributed by atoms with Crippen LogP contribution in [0.15, 0.2) is 30.3 Å². The Hall–Kier alpha value is -1.15. The topological polar surface area (TPSA) is 59.1 Å². The highest BCUT2D eigenvalue weighted by molar-refractivity contribution is 7.86. The number of likely N-dealkylation sites (N-methyl/N-ethyl adjacent to an activating group) is 1. The quantitative estimate of drug-likeness (QED) is 0.791. The molecule has 2 atom stereocenters. The Balaban J connectivity index is 1.88. The van der Waals surface area contributed by atoms with E-state index in [1.165, 1.54) is 8.61 Å². The van der Waals surface area contributed by atoms with Gasteiger partial charge in [-0.25, -0.2) is 0 Å². The van der Waals surface area contributed by atoms with Crippen LogP contribution in [0.25, 0.3) is 0 Å². The van der Waals surface area contributed by atoms with Gasteiger partial charge in [0, 0.05) is 26.7 Å². The highest BCUT2D eigenvalue weighted by Gasteiger charge is 2.33. The number of nitrogens with zero attached hydrogens (tertiary/aromatic N) is 2. The van der Waals surface area contributed by atoms with E-state index in [0.717, 1.165) is 5.75 Å². The van der Waals surface area contributed by atoms with Crippen LogP contribution >= 0.6 is 0 Å². The van der Waals surface area contributed by atoms with Gasteiger partial charge in [0.1, 0.15) is 12.4 Å². The number of benzene rings is 1. The predicted molar refractivity (Wildman–Crippen MR) is 85.1 cm³/mol. The standard InChI is InChI=1S/C15H24N2O4S/c1-13-11-17(12-14(2)21-13)22(18,19)16(3)9-10-20-15-7-5-4-6-8-15/h4-8,13-14H,9-12H2,1-3H3. The summed E-state index contributed by atoms with van der Waals surface area (Å²) < 4.78 is 39.1. The lowest BCUT2D eigenvalue weighted by atomic mass is 10.3. The number of rotatable bonds is 6. The van der Waals surface area contributed by atoms with E-state index in [0.29, 0.717) is 26.2 Å². The molecule has 6 nitrogen and oxygen atoms in total. The van der Waals surface area contributed by atoms with Gasteiger partial charge in [0.05, 0.1) is 12.2 Å². The summed E-state index contributed by atoms with van der Waals surface area (Å²) in [6.45, 7) is 5.16. The van der Waals surface area contributed by atoms with E-state index in [9.17, 15) is 8.42 Å². The molecule has 2 rings (SSSR count). The molecule has 124 valence electrons. The molecule has 1 aliphatic heterocycles. The Labute approximate surface area is 132 Å². The zero-order valence-corrected chi connectivity index (χ0v) is 14.1. The van der Waals surface area contributed by atoms with Gasteiger partial charge in [-0.2, -0.15) is 17.0 Å². The zero-order valence-electron chi connectivity index (χ0n) is 13.3. The minimum atomic E-state index is -3.48. The zero-order chi connectivity index (χ0) is 16.2. The van der Waals surface area contributed by atoms with E-state index in [1.807, 2.05) is 44.2 Å². The molecular weight excluding hydrogens is 304 g/mol. The average Bonchev–Trinajstić information content (AvgIpc) is 2.47. The Morgan fingerprint density at radius 3 is 2.41 bits per heavy atom. The minimum Gasteiger partial charge on any atom is -0.492 e. The Kier molecular flexibility index (Phi) is 5.80. The van der Waals surface area contributed by atoms with Crippen molar-refractivity contribution in [1.29, 1.82) is 0 Å². The van der Waals surface area contributed by atoms with E-state index in [-0.39, 0.29) is 12.2 Å². The molecule has 0 spiro atoms. The van der Waals surface area contributed by atoms with Crippen molar-refractivity contribution in [1.82, 2.24) is 8.61 Å². The summed E-state index contributed by atoms with van der Waals surface area (Å²) in [7, 11) is -1.90. The van der Waals surface area contributed by atoms with Crippen molar-refractivity contribution >= 4 is 10.2 Å². The van der Waals surface area contributed by atoms with Crippen LogP contribution in [-0.4, -0.2) is 62.5 Å². The monoisotopic (exact) mass is 328 g/mol. The lowest BCUT2D eigenvalue weighted by molar-refractivity contribution is -0.0453. The lowest BCUT2D eigenvalue weighted by Crippen LogP contribution is -2.52. The maximum Gasteiger partial charge on any atom is 0.282 e. The summed E-state index contributed by atoms with van der Waals surface area (Å²) in [6.07, 6.45) is -0.181. The first-order valence-electron chi connectivity index (χ1n) is 7.44. The number of ether oxygens (including phenoxy) is 2. The number of hydrogen-bond donors (Lipinski definition) is 0. The van der Waals surface area contributed by atoms with Gasteiger partial charge < -0.3 is 9.47 Å². The summed E-state index contributed by atoms with van der Waals surface area (Å²) >= 11 is 0. The normalized spacial score (nSPS) is 23.6. The molecule has 0 amide bonds. The van der Waals surface area contributed by atoms with Gasteiger partial charge in [0.2, 0.25) is 0 Å². The molecule has 0 aliphatic carbocycles. The second-order valence-electron chi connectivity index (χ2n) is 5.57. The molecule has 1 saturated heterocycles. The third-order valence-electron chi connectivity index (χ3n) is 3.52. The molecule has 2 unspecified atom stereocenters. The second-order valence-corrected chi connectivity index (χ2v) is 7.60. The van der Waals surface area contributed by atoms with Gasteiger partial charge in [0.25, 0.3) is 10.2 Å². The largest absolute Gasteiger partial charge is 0.492 e. The Morgan fingerprint density at radius 1 is 1.23 bits per heavy atom. The smallest absolute Gasteiger partial charge is 0.282 e. The van der Waals surface area contributed by atoms with E-state index in [2.05, 4.69) is 0 Å². The molecule has 22 heavy (non-hydrogen) atoms. The molecule has 1 aromatic rings. The number of morpholine rings is 1. The van der Waals surface area contributed by atoms with Crippen LogP contribution in [0.1, 0.15) is 13.8 Å². The first-order chi connectivity index (χ1) is 10.4. The average molecular weight is 328 g/mol. The molecule has 1 aliphatic rings. The van der Waals surface area contributed by atoms with Crippen molar-refractivity contribution in [2.45, 2.75) is 26.1 Å². The summed E-state index contributed by atoms with van der Waals surface area (Å²) in [4.78, 5) is 0. The molecule has 1 heterocycles. The van der Waals surface area contributed by atoms with Gasteiger partial charge in [-0.05, 0) is 26.0 Å². The summed E-state index contributed by atoms with van der Waals surface area (Å²) in [5.74, 6) is 0.738. The first-order valence-corrected chi connectivity index (χ1v) is 8.84. The fourth-order valence-corrected chi connectivity index (χ4v) is 3.94. The molecule has 0 saturated carbocycles. The van der Waals surface area contributed by atoms with Gasteiger partial charge in [0.15, 0.2) is 0 Å². The van der Waals surface area contributed by atoms with Crippen molar-refractivity contribution in [3.8, 4) is 5.75 Å². The van der Waals surface area contributed by atoms with Crippen LogP contribution < -0.4 is 4.74 Å². The van der Waals surface area contributed by atoms with Crippen molar-refractivity contribution in [3.63, 3.8) is 0 Å². The van der Waals surface area contributed by atoms with Crippen molar-refractivity contribution in [2.75, 3.05) is 33.3 Å². The van der Waals surface area contributed by atoms with Crippen molar-refractivity contribution in [3.05, 3.63) is 30.3 Å². The molecule has 0 bridgehead atoms. The maximum absolute atomic E-state index is 12.6. The summed E-state index contributed by atoms with van der Waals surface area (Å²) in [5, 5.41) is 0. The first kappa shape index (κ1) is 17.2. The SMILES string of the molecule is CC1CN(S(=O)(=O)N(C)CCOc2ccccc2)CC(C)O1. The van der Waals surface area contributed by atoms with Gasteiger partial charge in [-0.3, -0.25) is 0 Å². The third-order valence-corrected chi connectivity index (χ3v) is 5.45. The molecule has 0 aromatic heterocycles.